The Labute approximate surface area is 732 Å². The molecule has 0 bridgehead atoms. The summed E-state index contributed by atoms with van der Waals surface area (Å²) < 4.78 is 35.4. The molecule has 0 saturated heterocycles. The zero-order chi connectivity index (χ0) is 87.7. The highest BCUT2D eigenvalue weighted by Crippen LogP contribution is 2.49. The van der Waals surface area contributed by atoms with Gasteiger partial charge in [-0.3, -0.25) is 0 Å². The number of aromatic nitrogens is 4. The predicted molar refractivity (Wildman–Crippen MR) is 513 cm³/mol. The second-order valence-electron chi connectivity index (χ2n) is 34.6. The summed E-state index contributed by atoms with van der Waals surface area (Å²) in [6.45, 7) is 32.4. The van der Waals surface area contributed by atoms with E-state index in [0.717, 1.165) is 144 Å². The first kappa shape index (κ1) is 82.7. The van der Waals surface area contributed by atoms with Crippen LogP contribution in [0.15, 0.2) is 291 Å². The van der Waals surface area contributed by atoms with E-state index in [4.69, 9.17) is 17.7 Å². The van der Waals surface area contributed by atoms with Gasteiger partial charge in [-0.05, 0) is 202 Å². The van der Waals surface area contributed by atoms with Crippen molar-refractivity contribution in [1.82, 2.24) is 0 Å². The molecule has 0 amide bonds. The van der Waals surface area contributed by atoms with Crippen LogP contribution in [0.4, 0.5) is 0 Å². The van der Waals surface area contributed by atoms with Gasteiger partial charge in [0, 0.05) is 113 Å². The largest absolute Gasteiger partial charge is 0.454 e. The van der Waals surface area contributed by atoms with Gasteiger partial charge in [0.1, 0.15) is 61.7 Å². The number of aryl methyl sites for hydroxylation is 13. The minimum absolute atomic E-state index is 0.414. The highest BCUT2D eigenvalue weighted by atomic mass is 16.3. The molecule has 614 valence electrons. The number of hydrogen-bond acceptors (Lipinski definition) is 6. The average molecular weight is 1630 g/mol. The van der Waals surface area contributed by atoms with Crippen LogP contribution in [0.3, 0.4) is 0 Å². The first-order chi connectivity index (χ1) is 60.3. The number of hydrogen-bond donors (Lipinski definition) is 0. The monoisotopic (exact) mass is 1630 g/mol. The van der Waals surface area contributed by atoms with E-state index in [1.807, 2.05) is 60.7 Å². The molecular formula is C115H104N6O4+4. The van der Waals surface area contributed by atoms with E-state index in [9.17, 15) is 10.5 Å². The van der Waals surface area contributed by atoms with Gasteiger partial charge in [0.15, 0.2) is 36.0 Å². The minimum Gasteiger partial charge on any atom is -0.454 e. The van der Waals surface area contributed by atoms with Crippen LogP contribution in [0.5, 0.6) is 0 Å². The summed E-state index contributed by atoms with van der Waals surface area (Å²) in [5, 5.41) is 28.5. The quantitative estimate of drug-likeness (QED) is 0.126. The fourth-order valence-electron chi connectivity index (χ4n) is 18.6. The van der Waals surface area contributed by atoms with E-state index in [1.54, 1.807) is 0 Å². The van der Waals surface area contributed by atoms with Crippen LogP contribution in [0.1, 0.15) is 123 Å². The molecular weight excluding hydrogens is 1530 g/mol. The molecule has 0 unspecified atom stereocenters. The van der Waals surface area contributed by atoms with Crippen LogP contribution in [-0.2, 0) is 28.2 Å². The molecule has 0 saturated carbocycles. The van der Waals surface area contributed by atoms with Crippen LogP contribution in [0, 0.1) is 98.8 Å². The average Bonchev–Trinajstić information content (AvgIpc) is 1.59. The summed E-state index contributed by atoms with van der Waals surface area (Å²) in [7, 11) is 8.34. The summed E-state index contributed by atoms with van der Waals surface area (Å²) in [4.78, 5) is 0. The number of rotatable bonds is 10. The Balaban J connectivity index is 0.000000118. The Morgan fingerprint density at radius 3 is 1.12 bits per heavy atom. The van der Waals surface area contributed by atoms with Crippen LogP contribution < -0.4 is 18.3 Å². The second-order valence-corrected chi connectivity index (χ2v) is 34.6. The Bertz CT molecular complexity index is 7780. The first-order valence-corrected chi connectivity index (χ1v) is 43.2. The number of benzene rings is 12. The lowest BCUT2D eigenvalue weighted by Crippen LogP contribution is -2.32. The Hall–Kier alpha value is -14.6. The molecule has 12 aromatic carbocycles. The van der Waals surface area contributed by atoms with Gasteiger partial charge in [-0.25, -0.2) is 18.3 Å². The van der Waals surface area contributed by atoms with Gasteiger partial charge < -0.3 is 17.7 Å². The van der Waals surface area contributed by atoms with Gasteiger partial charge in [0.2, 0.25) is 22.8 Å². The second kappa shape index (κ2) is 33.7. The molecule has 0 aliphatic heterocycles. The van der Waals surface area contributed by atoms with E-state index in [0.29, 0.717) is 23.0 Å². The molecule has 0 atom stereocenters. The van der Waals surface area contributed by atoms with Gasteiger partial charge in [-0.2, -0.15) is 10.5 Å². The number of nitrogens with zero attached hydrogens (tertiary/aromatic N) is 6. The highest BCUT2D eigenvalue weighted by molar-refractivity contribution is 6.19. The van der Waals surface area contributed by atoms with Gasteiger partial charge in [-0.15, -0.1) is 0 Å². The maximum Gasteiger partial charge on any atom is 0.216 e. The number of para-hydroxylation sites is 2. The SMILES string of the molecule is Cc1c[n+](C)c(-c2c(C)cc(C#N)c3c2oc2c(-c4ccccc4)c(C)ccc23)cc1C(C)C.Cc1cc[n+](C)c(-c2c(C)c(C)cc3c2oc2c(-c4ccccc4)cccc23)c1.Cc1ccc(-c2c(C)c(C)cc3c2oc2c(-c4ccccc4)cccc23)[n+](C)c1.Cc1ccc2c(oc3c(-c4cc(C(C)C)cc[n+]4C)c(C)cc(C#N)c32)c1-c1ccccc1. The molecule has 8 aromatic heterocycles. The zero-order valence-electron chi connectivity index (χ0n) is 75.0. The van der Waals surface area contributed by atoms with Crippen molar-refractivity contribution in [2.45, 2.75) is 116 Å². The van der Waals surface area contributed by atoms with E-state index < -0.39 is 0 Å². The smallest absolute Gasteiger partial charge is 0.216 e. The van der Waals surface area contributed by atoms with Crippen molar-refractivity contribution in [2.75, 3.05) is 0 Å². The van der Waals surface area contributed by atoms with Crippen molar-refractivity contribution in [3.05, 3.63) is 357 Å². The molecule has 10 heteroatoms. The Kier molecular flexibility index (Phi) is 22.3. The molecule has 0 radical (unpaired) electrons. The van der Waals surface area contributed by atoms with Crippen LogP contribution >= 0.6 is 0 Å². The van der Waals surface area contributed by atoms with Gasteiger partial charge >= 0.3 is 0 Å². The van der Waals surface area contributed by atoms with Crippen LogP contribution in [-0.4, -0.2) is 0 Å². The van der Waals surface area contributed by atoms with Crippen molar-refractivity contribution >= 4 is 87.8 Å². The minimum atomic E-state index is 0.414. The van der Waals surface area contributed by atoms with Crippen LogP contribution in [0.25, 0.3) is 177 Å². The van der Waals surface area contributed by atoms with E-state index in [1.165, 1.54) is 105 Å². The molecule has 0 spiro atoms. The molecule has 10 nitrogen and oxygen atoms in total. The predicted octanol–water partition coefficient (Wildman–Crippen LogP) is 28.4. The number of nitriles is 2. The topological polar surface area (TPSA) is 116 Å². The van der Waals surface area contributed by atoms with Crippen molar-refractivity contribution < 1.29 is 35.9 Å². The lowest BCUT2D eigenvalue weighted by Gasteiger charge is -2.12. The maximum atomic E-state index is 10.1. The molecule has 20 aromatic rings. The van der Waals surface area contributed by atoms with Crippen molar-refractivity contribution in [3.63, 3.8) is 0 Å². The third-order valence-electron chi connectivity index (χ3n) is 25.4. The van der Waals surface area contributed by atoms with Gasteiger partial charge in [-0.1, -0.05) is 210 Å². The summed E-state index contributed by atoms with van der Waals surface area (Å²) in [6.07, 6.45) is 8.59. The Morgan fingerprint density at radius 2 is 0.680 bits per heavy atom. The molecule has 8 heterocycles. The van der Waals surface area contributed by atoms with E-state index in [-0.39, 0.29) is 0 Å². The normalized spacial score (nSPS) is 11.4. The molecule has 0 aliphatic rings. The summed E-state index contributed by atoms with van der Waals surface area (Å²) in [5.41, 5.74) is 42.2. The molecule has 0 N–H and O–H groups in total. The van der Waals surface area contributed by atoms with Crippen molar-refractivity contribution in [2.24, 2.45) is 28.2 Å². The fraction of sp³-hybridized carbons (Fsp3) is 0.183. The van der Waals surface area contributed by atoms with Crippen LogP contribution in [0.2, 0.25) is 0 Å². The fourth-order valence-corrected chi connectivity index (χ4v) is 18.6. The number of furan rings is 4. The highest BCUT2D eigenvalue weighted by Gasteiger charge is 2.31. The zero-order valence-corrected chi connectivity index (χ0v) is 75.0. The number of pyridine rings is 4. The summed E-state index contributed by atoms with van der Waals surface area (Å²) >= 11 is 0. The molecule has 20 rings (SSSR count). The standard InChI is InChI=1S/C31H29N2O.C30H27N2O.2C27H24NO/c1-18(2)25-15-26(33(6)17-21(25)5)28-20(4)14-23(16-32)29-24-13-12-19(3)27(30(24)34-31(28)29)22-10-8-7-9-11-22;1-18(2)22-13-14-32(5)25(16-22)27-20(4)15-23(17-31)28-24-12-11-19(3)26(29(24)33-30(27)28)21-9-7-6-8-10-21;1-17-13-14-24(28(4)16-17)25-19(3)18(2)15-23-22-12-8-11-21(26(22)29-27(23)25)20-9-6-5-7-10-20;1-17-13-14-28(4)24(15-17)25-19(3)18(2)16-23-22-12-8-11-21(26(22)29-27(23)25)20-9-6-5-7-10-20/h7-15,17-18H,1-6H3;6-16,18H,1-5H3;2*5-16H,1-4H3/q4*+1. The molecule has 0 aliphatic carbocycles. The lowest BCUT2D eigenvalue weighted by atomic mass is 9.92. The van der Waals surface area contributed by atoms with E-state index >= 15 is 0 Å². The van der Waals surface area contributed by atoms with Gasteiger partial charge in [0.25, 0.3) is 0 Å². The van der Waals surface area contributed by atoms with E-state index in [2.05, 4.69) is 375 Å². The maximum absolute atomic E-state index is 10.1. The lowest BCUT2D eigenvalue weighted by molar-refractivity contribution is -0.660. The molecule has 125 heavy (non-hydrogen) atoms. The summed E-state index contributed by atoms with van der Waals surface area (Å²) in [5.74, 6) is 0.833. The number of fused-ring (bicyclic) bond motifs is 12. The van der Waals surface area contributed by atoms with Crippen molar-refractivity contribution in [1.29, 1.82) is 10.5 Å². The first-order valence-electron chi connectivity index (χ1n) is 43.2. The third-order valence-corrected chi connectivity index (χ3v) is 25.4. The Morgan fingerprint density at radius 1 is 0.272 bits per heavy atom. The third kappa shape index (κ3) is 15.0. The summed E-state index contributed by atoms with van der Waals surface area (Å²) in [6, 6.07) is 91.7. The van der Waals surface area contributed by atoms with Crippen molar-refractivity contribution in [3.8, 4) is 102 Å². The molecule has 0 fully saturated rings. The van der Waals surface area contributed by atoms with Gasteiger partial charge in [0.05, 0.1) is 45.5 Å².